The summed E-state index contributed by atoms with van der Waals surface area (Å²) in [6, 6.07) is 5.65. The highest BCUT2D eigenvalue weighted by atomic mass is 16.1. The van der Waals surface area contributed by atoms with Crippen molar-refractivity contribution in [1.29, 1.82) is 5.41 Å². The molecule has 1 amide bonds. The summed E-state index contributed by atoms with van der Waals surface area (Å²) in [5.41, 5.74) is 8.41. The highest BCUT2D eigenvalue weighted by Gasteiger charge is 2.04. The minimum Gasteiger partial charge on any atom is -0.398 e. The SMILES string of the molecule is C/C=C\N=C(CC(C)/C=C\CCCCCCC(=O)NC)N=CNc1ccc(N)c(CC=N)c1. The molecule has 1 rings (SSSR count). The number of allylic oxidation sites excluding steroid dienone is 3. The van der Waals surface area contributed by atoms with Crippen LogP contribution in [-0.2, 0) is 11.2 Å². The topological polar surface area (TPSA) is 116 Å². The molecule has 1 aromatic rings. The third-order valence-corrected chi connectivity index (χ3v) is 5.05. The number of aliphatic imine (C=N–C) groups is 2. The lowest BCUT2D eigenvalue weighted by atomic mass is 10.0. The molecule has 0 aliphatic carbocycles. The molecular formula is C26H40N6O. The summed E-state index contributed by atoms with van der Waals surface area (Å²) in [5, 5.41) is 13.1. The number of amidine groups is 1. The first-order valence-electron chi connectivity index (χ1n) is 11.7. The average molecular weight is 453 g/mol. The van der Waals surface area contributed by atoms with Crippen LogP contribution >= 0.6 is 0 Å². The second-order valence-electron chi connectivity index (χ2n) is 7.99. The molecule has 0 saturated heterocycles. The summed E-state index contributed by atoms with van der Waals surface area (Å²) in [4.78, 5) is 20.2. The molecule has 0 aliphatic heterocycles. The number of rotatable bonds is 15. The second kappa shape index (κ2) is 17.3. The molecule has 180 valence electrons. The molecule has 7 heteroatoms. The third-order valence-electron chi connectivity index (χ3n) is 5.05. The van der Waals surface area contributed by atoms with E-state index in [4.69, 9.17) is 11.1 Å². The minimum atomic E-state index is 0.123. The molecule has 0 fully saturated rings. The van der Waals surface area contributed by atoms with Crippen LogP contribution in [0.3, 0.4) is 0 Å². The Morgan fingerprint density at radius 1 is 1.24 bits per heavy atom. The van der Waals surface area contributed by atoms with Crippen LogP contribution in [0.1, 0.15) is 64.4 Å². The number of carbonyl (C=O) groups excluding carboxylic acids is 1. The van der Waals surface area contributed by atoms with Crippen molar-refractivity contribution in [2.24, 2.45) is 15.9 Å². The van der Waals surface area contributed by atoms with Crippen molar-refractivity contribution in [2.75, 3.05) is 18.1 Å². The van der Waals surface area contributed by atoms with E-state index < -0.39 is 0 Å². The molecule has 0 aliphatic rings. The monoisotopic (exact) mass is 452 g/mol. The Balaban J connectivity index is 2.49. The number of nitrogen functional groups attached to an aromatic ring is 1. The zero-order chi connectivity index (χ0) is 24.3. The third kappa shape index (κ3) is 13.0. The number of unbranched alkanes of at least 4 members (excludes halogenated alkanes) is 4. The fraction of sp³-hybridized carbons (Fsp3) is 0.462. The van der Waals surface area contributed by atoms with E-state index in [1.807, 2.05) is 31.2 Å². The van der Waals surface area contributed by atoms with Gasteiger partial charge in [0.15, 0.2) is 0 Å². The zero-order valence-electron chi connectivity index (χ0n) is 20.3. The number of nitrogens with one attached hydrogen (secondary N) is 3. The van der Waals surface area contributed by atoms with Crippen LogP contribution in [0.4, 0.5) is 11.4 Å². The van der Waals surface area contributed by atoms with E-state index in [1.165, 1.54) is 6.21 Å². The van der Waals surface area contributed by atoms with Gasteiger partial charge in [-0.15, -0.1) is 0 Å². The summed E-state index contributed by atoms with van der Waals surface area (Å²) >= 11 is 0. The van der Waals surface area contributed by atoms with E-state index >= 15 is 0 Å². The average Bonchev–Trinajstić information content (AvgIpc) is 2.81. The van der Waals surface area contributed by atoms with Crippen molar-refractivity contribution in [1.82, 2.24) is 5.32 Å². The molecule has 1 aromatic carbocycles. The van der Waals surface area contributed by atoms with Crippen molar-refractivity contribution in [3.05, 3.63) is 48.2 Å². The Bertz CT molecular complexity index is 841. The fourth-order valence-electron chi connectivity index (χ4n) is 3.17. The lowest BCUT2D eigenvalue weighted by Gasteiger charge is -2.08. The summed E-state index contributed by atoms with van der Waals surface area (Å²) in [5.74, 6) is 1.20. The number of amides is 1. The van der Waals surface area contributed by atoms with Crippen LogP contribution in [0.15, 0.2) is 52.6 Å². The fourth-order valence-corrected chi connectivity index (χ4v) is 3.17. The molecule has 5 N–H and O–H groups in total. The molecule has 1 unspecified atom stereocenters. The van der Waals surface area contributed by atoms with Gasteiger partial charge in [0.25, 0.3) is 0 Å². The molecule has 0 aromatic heterocycles. The summed E-state index contributed by atoms with van der Waals surface area (Å²) in [6.45, 7) is 4.10. The van der Waals surface area contributed by atoms with E-state index in [1.54, 1.807) is 19.6 Å². The number of hydrogen-bond donors (Lipinski definition) is 4. The van der Waals surface area contributed by atoms with Crippen molar-refractivity contribution >= 4 is 35.7 Å². The molecule has 0 bridgehead atoms. The molecular weight excluding hydrogens is 412 g/mol. The minimum absolute atomic E-state index is 0.123. The summed E-state index contributed by atoms with van der Waals surface area (Å²) in [7, 11) is 1.68. The molecule has 7 nitrogen and oxygen atoms in total. The Hall–Kier alpha value is -3.22. The maximum atomic E-state index is 11.2. The highest BCUT2D eigenvalue weighted by Crippen LogP contribution is 2.17. The second-order valence-corrected chi connectivity index (χ2v) is 7.99. The first-order valence-corrected chi connectivity index (χ1v) is 11.7. The van der Waals surface area contributed by atoms with Crippen LogP contribution in [0, 0.1) is 11.3 Å². The van der Waals surface area contributed by atoms with Gasteiger partial charge in [0.1, 0.15) is 5.84 Å². The quantitative estimate of drug-likeness (QED) is 0.0925. The zero-order valence-corrected chi connectivity index (χ0v) is 20.3. The smallest absolute Gasteiger partial charge is 0.219 e. The van der Waals surface area contributed by atoms with E-state index in [-0.39, 0.29) is 5.91 Å². The lowest BCUT2D eigenvalue weighted by molar-refractivity contribution is -0.120. The van der Waals surface area contributed by atoms with Gasteiger partial charge < -0.3 is 21.8 Å². The Kier molecular flexibility index (Phi) is 14.6. The standard InChI is InChI=1S/C26H40N6O/c1-4-17-30-25(32-20-31-23-13-14-24(28)22(19-23)15-16-27)18-21(2)11-9-7-5-6-8-10-12-26(33)29-3/h4,9,11,13-14,16-17,19-21,27H,5-8,10,12,15,18,28H2,1-3H3,(H,29,33)(H,30,31,32)/b11-9-,17-4-,27-16?. The molecule has 0 saturated carbocycles. The van der Waals surface area contributed by atoms with Gasteiger partial charge >= 0.3 is 0 Å². The van der Waals surface area contributed by atoms with Crippen molar-refractivity contribution < 1.29 is 4.79 Å². The van der Waals surface area contributed by atoms with Crippen LogP contribution in [0.2, 0.25) is 0 Å². The van der Waals surface area contributed by atoms with Gasteiger partial charge in [0.05, 0.1) is 6.34 Å². The summed E-state index contributed by atoms with van der Waals surface area (Å²) < 4.78 is 0. The van der Waals surface area contributed by atoms with Crippen LogP contribution < -0.4 is 16.4 Å². The Morgan fingerprint density at radius 3 is 2.76 bits per heavy atom. The van der Waals surface area contributed by atoms with Crippen molar-refractivity contribution in [2.45, 2.75) is 65.2 Å². The maximum Gasteiger partial charge on any atom is 0.219 e. The van der Waals surface area contributed by atoms with Gasteiger partial charge in [-0.1, -0.05) is 38.0 Å². The number of carbonyl (C=O) groups is 1. The van der Waals surface area contributed by atoms with Gasteiger partial charge in [-0.25, -0.2) is 9.98 Å². The van der Waals surface area contributed by atoms with Crippen molar-refractivity contribution in [3.63, 3.8) is 0 Å². The predicted octanol–water partition coefficient (Wildman–Crippen LogP) is 5.50. The molecule has 1 atom stereocenters. The van der Waals surface area contributed by atoms with E-state index in [0.717, 1.165) is 55.6 Å². The van der Waals surface area contributed by atoms with Crippen LogP contribution in [0.5, 0.6) is 0 Å². The van der Waals surface area contributed by atoms with Gasteiger partial charge in [0, 0.05) is 43.9 Å². The molecule has 33 heavy (non-hydrogen) atoms. The normalized spacial score (nSPS) is 13.1. The maximum absolute atomic E-state index is 11.2. The predicted molar refractivity (Wildman–Crippen MR) is 142 cm³/mol. The van der Waals surface area contributed by atoms with Crippen molar-refractivity contribution in [3.8, 4) is 0 Å². The highest BCUT2D eigenvalue weighted by molar-refractivity contribution is 5.93. The Labute approximate surface area is 198 Å². The van der Waals surface area contributed by atoms with Crippen LogP contribution in [0.25, 0.3) is 0 Å². The number of benzene rings is 1. The van der Waals surface area contributed by atoms with Crippen LogP contribution in [-0.4, -0.2) is 31.3 Å². The summed E-state index contributed by atoms with van der Waals surface area (Å²) in [6.07, 6.45) is 18.3. The number of nitrogens with zero attached hydrogens (tertiary/aromatic N) is 2. The lowest BCUT2D eigenvalue weighted by Crippen LogP contribution is -2.16. The first kappa shape index (κ1) is 27.8. The Morgan fingerprint density at radius 2 is 2.03 bits per heavy atom. The number of hydrogen-bond acceptors (Lipinski definition) is 4. The number of anilines is 2. The number of nitrogens with two attached hydrogens (primary N) is 1. The van der Waals surface area contributed by atoms with Gasteiger partial charge in [-0.05, 0) is 62.1 Å². The van der Waals surface area contributed by atoms with Gasteiger partial charge in [-0.2, -0.15) is 0 Å². The van der Waals surface area contributed by atoms with E-state index in [9.17, 15) is 4.79 Å². The van der Waals surface area contributed by atoms with Gasteiger partial charge in [-0.3, -0.25) is 4.79 Å². The first-order chi connectivity index (χ1) is 16.0. The van der Waals surface area contributed by atoms with E-state index in [2.05, 4.69) is 39.7 Å². The van der Waals surface area contributed by atoms with Gasteiger partial charge in [0.2, 0.25) is 5.91 Å². The molecule has 0 spiro atoms. The molecule has 0 heterocycles. The van der Waals surface area contributed by atoms with E-state index in [0.29, 0.717) is 24.4 Å². The largest absolute Gasteiger partial charge is 0.398 e. The molecule has 0 radical (unpaired) electrons.